The van der Waals surface area contributed by atoms with Crippen LogP contribution in [0.15, 0.2) is 27.8 Å². The molecule has 1 aliphatic rings. The van der Waals surface area contributed by atoms with Gasteiger partial charge in [-0.1, -0.05) is 6.92 Å². The predicted octanol–water partition coefficient (Wildman–Crippen LogP) is 3.12. The summed E-state index contributed by atoms with van der Waals surface area (Å²) < 4.78 is 5.34. The highest BCUT2D eigenvalue weighted by molar-refractivity contribution is 14.0. The SMILES string of the molecule is CCNC(=NCCCN1CCCC(C)C1)NCCc1ccco1.I. The van der Waals surface area contributed by atoms with E-state index in [0.29, 0.717) is 0 Å². The molecular weight excluding hydrogens is 415 g/mol. The molecule has 1 unspecified atom stereocenters. The van der Waals surface area contributed by atoms with Gasteiger partial charge in [-0.05, 0) is 57.3 Å². The molecule has 0 aromatic carbocycles. The fourth-order valence-electron chi connectivity index (χ4n) is 3.08. The van der Waals surface area contributed by atoms with Crippen molar-refractivity contribution in [1.29, 1.82) is 0 Å². The largest absolute Gasteiger partial charge is 0.469 e. The molecule has 24 heavy (non-hydrogen) atoms. The Morgan fingerprint density at radius 2 is 2.29 bits per heavy atom. The predicted molar refractivity (Wildman–Crippen MR) is 111 cm³/mol. The van der Waals surface area contributed by atoms with E-state index in [1.165, 1.54) is 32.5 Å². The maximum absolute atomic E-state index is 5.34. The molecule has 6 heteroatoms. The van der Waals surface area contributed by atoms with Gasteiger partial charge in [-0.15, -0.1) is 24.0 Å². The third-order valence-corrected chi connectivity index (χ3v) is 4.23. The zero-order valence-electron chi connectivity index (χ0n) is 15.1. The number of likely N-dealkylation sites (tertiary alicyclic amines) is 1. The van der Waals surface area contributed by atoms with Crippen LogP contribution < -0.4 is 10.6 Å². The van der Waals surface area contributed by atoms with Crippen molar-refractivity contribution in [1.82, 2.24) is 15.5 Å². The number of hydrogen-bond donors (Lipinski definition) is 2. The molecule has 0 spiro atoms. The van der Waals surface area contributed by atoms with Crippen LogP contribution >= 0.6 is 24.0 Å². The van der Waals surface area contributed by atoms with Gasteiger partial charge in [0.2, 0.25) is 0 Å². The standard InChI is InChI=1S/C18H32N4O.HI/c1-3-19-18(21-11-9-17-8-5-14-23-17)20-10-6-13-22-12-4-7-16(2)15-22;/h5,8,14,16H,3-4,6-7,9-13,15H2,1-2H3,(H2,19,20,21);1H. The second-order valence-electron chi connectivity index (χ2n) is 6.42. The molecule has 2 rings (SSSR count). The summed E-state index contributed by atoms with van der Waals surface area (Å²) in [6.07, 6.45) is 6.46. The smallest absolute Gasteiger partial charge is 0.191 e. The highest BCUT2D eigenvalue weighted by atomic mass is 127. The molecule has 2 heterocycles. The lowest BCUT2D eigenvalue weighted by Crippen LogP contribution is -2.38. The van der Waals surface area contributed by atoms with Crippen molar-refractivity contribution in [3.63, 3.8) is 0 Å². The van der Waals surface area contributed by atoms with Crippen LogP contribution in [-0.2, 0) is 6.42 Å². The lowest BCUT2D eigenvalue weighted by atomic mass is 10.0. The van der Waals surface area contributed by atoms with Gasteiger partial charge in [0.05, 0.1) is 6.26 Å². The fraction of sp³-hybridized carbons (Fsp3) is 0.722. The minimum absolute atomic E-state index is 0. The van der Waals surface area contributed by atoms with Gasteiger partial charge in [0.25, 0.3) is 0 Å². The molecule has 1 fully saturated rings. The van der Waals surface area contributed by atoms with Crippen molar-refractivity contribution in [2.75, 3.05) is 39.3 Å². The summed E-state index contributed by atoms with van der Waals surface area (Å²) in [5.74, 6) is 2.77. The zero-order valence-corrected chi connectivity index (χ0v) is 17.4. The van der Waals surface area contributed by atoms with E-state index in [2.05, 4.69) is 34.4 Å². The molecule has 1 saturated heterocycles. The van der Waals surface area contributed by atoms with Crippen molar-refractivity contribution in [3.8, 4) is 0 Å². The summed E-state index contributed by atoms with van der Waals surface area (Å²) in [6, 6.07) is 3.93. The number of nitrogens with one attached hydrogen (secondary N) is 2. The van der Waals surface area contributed by atoms with Gasteiger partial charge in [-0.25, -0.2) is 0 Å². The molecule has 5 nitrogen and oxygen atoms in total. The summed E-state index contributed by atoms with van der Waals surface area (Å²) >= 11 is 0. The second-order valence-corrected chi connectivity index (χ2v) is 6.42. The molecule has 0 bridgehead atoms. The summed E-state index contributed by atoms with van der Waals surface area (Å²) in [5.41, 5.74) is 0. The number of piperidine rings is 1. The third-order valence-electron chi connectivity index (χ3n) is 4.23. The summed E-state index contributed by atoms with van der Waals surface area (Å²) in [5, 5.41) is 6.67. The van der Waals surface area contributed by atoms with Crippen LogP contribution in [0.5, 0.6) is 0 Å². The average molecular weight is 448 g/mol. The maximum Gasteiger partial charge on any atom is 0.191 e. The molecule has 1 atom stereocenters. The summed E-state index contributed by atoms with van der Waals surface area (Å²) in [7, 11) is 0. The Kier molecular flexibility index (Phi) is 11.2. The Labute approximate surface area is 163 Å². The van der Waals surface area contributed by atoms with E-state index in [1.807, 2.05) is 12.1 Å². The van der Waals surface area contributed by atoms with E-state index >= 15 is 0 Å². The first-order chi connectivity index (χ1) is 11.3. The van der Waals surface area contributed by atoms with Gasteiger partial charge in [-0.3, -0.25) is 4.99 Å². The normalized spacial score (nSPS) is 18.9. The van der Waals surface area contributed by atoms with Crippen molar-refractivity contribution < 1.29 is 4.42 Å². The number of hydrogen-bond acceptors (Lipinski definition) is 3. The Morgan fingerprint density at radius 3 is 3.00 bits per heavy atom. The quantitative estimate of drug-likeness (QED) is 0.278. The number of guanidine groups is 1. The number of rotatable bonds is 8. The van der Waals surface area contributed by atoms with E-state index < -0.39 is 0 Å². The molecule has 0 radical (unpaired) electrons. The molecular formula is C18H33IN4O. The molecule has 2 N–H and O–H groups in total. The van der Waals surface area contributed by atoms with Gasteiger partial charge in [-0.2, -0.15) is 0 Å². The molecule has 0 amide bonds. The van der Waals surface area contributed by atoms with Gasteiger partial charge in [0.1, 0.15) is 5.76 Å². The Bertz CT molecular complexity index is 450. The van der Waals surface area contributed by atoms with Crippen molar-refractivity contribution in [2.45, 2.75) is 39.5 Å². The van der Waals surface area contributed by atoms with Crippen LogP contribution in [0.3, 0.4) is 0 Å². The van der Waals surface area contributed by atoms with E-state index in [1.54, 1.807) is 6.26 Å². The van der Waals surface area contributed by atoms with Crippen LogP contribution in [0.4, 0.5) is 0 Å². The monoisotopic (exact) mass is 448 g/mol. The van der Waals surface area contributed by atoms with Crippen molar-refractivity contribution in [3.05, 3.63) is 24.2 Å². The van der Waals surface area contributed by atoms with Gasteiger partial charge >= 0.3 is 0 Å². The highest BCUT2D eigenvalue weighted by Gasteiger charge is 2.15. The molecule has 138 valence electrons. The minimum Gasteiger partial charge on any atom is -0.469 e. The van der Waals surface area contributed by atoms with Crippen LogP contribution in [0.2, 0.25) is 0 Å². The van der Waals surface area contributed by atoms with E-state index in [4.69, 9.17) is 4.42 Å². The third kappa shape index (κ3) is 8.37. The number of aliphatic imine (C=N–C) groups is 1. The van der Waals surface area contributed by atoms with E-state index in [0.717, 1.165) is 50.1 Å². The van der Waals surface area contributed by atoms with Crippen LogP contribution in [0.25, 0.3) is 0 Å². The molecule has 1 aromatic heterocycles. The summed E-state index contributed by atoms with van der Waals surface area (Å²) in [4.78, 5) is 7.26. The average Bonchev–Trinajstić information content (AvgIpc) is 3.05. The number of furan rings is 1. The van der Waals surface area contributed by atoms with Gasteiger partial charge in [0, 0.05) is 32.6 Å². The van der Waals surface area contributed by atoms with E-state index in [-0.39, 0.29) is 24.0 Å². The zero-order chi connectivity index (χ0) is 16.3. The Balaban J connectivity index is 0.00000288. The number of nitrogens with zero attached hydrogens (tertiary/aromatic N) is 2. The molecule has 0 saturated carbocycles. The highest BCUT2D eigenvalue weighted by Crippen LogP contribution is 2.15. The summed E-state index contributed by atoms with van der Waals surface area (Å²) in [6.45, 7) is 10.7. The first kappa shape index (κ1) is 21.3. The Hall–Kier alpha value is -0.760. The van der Waals surface area contributed by atoms with Crippen molar-refractivity contribution in [2.24, 2.45) is 10.9 Å². The molecule has 1 aromatic rings. The fourth-order valence-corrected chi connectivity index (χ4v) is 3.08. The lowest BCUT2D eigenvalue weighted by molar-refractivity contribution is 0.183. The van der Waals surface area contributed by atoms with Crippen LogP contribution in [0, 0.1) is 5.92 Å². The first-order valence-corrected chi connectivity index (χ1v) is 9.05. The molecule has 0 aliphatic carbocycles. The van der Waals surface area contributed by atoms with Crippen LogP contribution in [-0.4, -0.2) is 50.1 Å². The first-order valence-electron chi connectivity index (χ1n) is 9.05. The van der Waals surface area contributed by atoms with Gasteiger partial charge < -0.3 is 20.0 Å². The van der Waals surface area contributed by atoms with E-state index in [9.17, 15) is 0 Å². The molecule has 1 aliphatic heterocycles. The maximum atomic E-state index is 5.34. The Morgan fingerprint density at radius 1 is 1.42 bits per heavy atom. The van der Waals surface area contributed by atoms with Crippen molar-refractivity contribution >= 4 is 29.9 Å². The van der Waals surface area contributed by atoms with Crippen LogP contribution in [0.1, 0.15) is 38.9 Å². The lowest BCUT2D eigenvalue weighted by Gasteiger charge is -2.30. The second kappa shape index (κ2) is 12.6. The minimum atomic E-state index is 0. The number of halogens is 1. The topological polar surface area (TPSA) is 52.8 Å². The van der Waals surface area contributed by atoms with Gasteiger partial charge in [0.15, 0.2) is 5.96 Å².